The summed E-state index contributed by atoms with van der Waals surface area (Å²) in [5.74, 6) is -3.24. The first kappa shape index (κ1) is 22.9. The van der Waals surface area contributed by atoms with Gasteiger partial charge in [-0.1, -0.05) is 43.3 Å². The van der Waals surface area contributed by atoms with Crippen molar-refractivity contribution >= 4 is 12.6 Å². The first-order chi connectivity index (χ1) is 13.7. The van der Waals surface area contributed by atoms with Crippen molar-refractivity contribution in [2.24, 2.45) is 0 Å². The van der Waals surface area contributed by atoms with Crippen molar-refractivity contribution < 1.29 is 22.8 Å². The zero-order chi connectivity index (χ0) is 21.7. The predicted octanol–water partition coefficient (Wildman–Crippen LogP) is 4.64. The number of hydrogen-bond donors (Lipinski definition) is 0. The van der Waals surface area contributed by atoms with E-state index in [0.29, 0.717) is 12.1 Å². The summed E-state index contributed by atoms with van der Waals surface area (Å²) >= 11 is 0. The topological polar surface area (TPSA) is 51.5 Å². The zero-order valence-corrected chi connectivity index (χ0v) is 17.5. The summed E-state index contributed by atoms with van der Waals surface area (Å²) in [5.41, 5.74) is -0.554. The van der Waals surface area contributed by atoms with E-state index in [1.807, 2.05) is 33.8 Å². The Bertz CT molecular complexity index is 863. The summed E-state index contributed by atoms with van der Waals surface area (Å²) < 4.78 is 47.1. The molecule has 0 bridgehead atoms. The van der Waals surface area contributed by atoms with Crippen LogP contribution in [0.1, 0.15) is 50.8 Å². The van der Waals surface area contributed by atoms with Gasteiger partial charge in [0.05, 0.1) is 7.11 Å². The predicted molar refractivity (Wildman–Crippen MR) is 110 cm³/mol. The van der Waals surface area contributed by atoms with Crippen molar-refractivity contribution in [3.05, 3.63) is 59.2 Å². The van der Waals surface area contributed by atoms with Crippen LogP contribution in [-0.4, -0.2) is 26.4 Å². The van der Waals surface area contributed by atoms with E-state index in [0.717, 1.165) is 6.42 Å². The third-order valence-corrected chi connectivity index (χ3v) is 4.84. The summed E-state index contributed by atoms with van der Waals surface area (Å²) in [7, 11) is 0.697. The van der Waals surface area contributed by atoms with Crippen molar-refractivity contribution in [3.8, 4) is 11.8 Å². The third-order valence-electron chi connectivity index (χ3n) is 4.84. The highest BCUT2D eigenvalue weighted by Gasteiger charge is 2.38. The molecule has 0 spiro atoms. The molecule has 4 nitrogen and oxygen atoms in total. The van der Waals surface area contributed by atoms with Crippen LogP contribution in [0.2, 0.25) is 0 Å². The number of nitriles is 1. The lowest BCUT2D eigenvalue weighted by Crippen LogP contribution is -2.43. The van der Waals surface area contributed by atoms with Crippen molar-refractivity contribution in [2.45, 2.75) is 45.6 Å². The Kier molecular flexibility index (Phi) is 7.40. The number of alkyl halides is 2. The van der Waals surface area contributed by atoms with E-state index in [9.17, 15) is 5.26 Å². The van der Waals surface area contributed by atoms with Gasteiger partial charge in [0.2, 0.25) is 0 Å². The molecular weight excluding hydrogens is 375 g/mol. The maximum atomic E-state index is 15.2. The van der Waals surface area contributed by atoms with E-state index in [4.69, 9.17) is 14.0 Å². The average molecular weight is 401 g/mol. The van der Waals surface area contributed by atoms with Crippen LogP contribution in [0.4, 0.5) is 8.78 Å². The minimum absolute atomic E-state index is 0.118. The van der Waals surface area contributed by atoms with E-state index in [2.05, 4.69) is 0 Å². The molecule has 0 aliphatic carbocycles. The summed E-state index contributed by atoms with van der Waals surface area (Å²) in [6.07, 6.45) is 0.777. The number of hydrogen-bond acceptors (Lipinski definition) is 4. The zero-order valence-electron chi connectivity index (χ0n) is 17.5. The van der Waals surface area contributed by atoms with E-state index < -0.39 is 24.2 Å². The molecule has 154 valence electrons. The fourth-order valence-electron chi connectivity index (χ4n) is 2.81. The molecule has 0 saturated carbocycles. The number of halogens is 2. The van der Waals surface area contributed by atoms with Gasteiger partial charge in [0.25, 0.3) is 5.92 Å². The lowest BCUT2D eigenvalue weighted by Gasteiger charge is -2.28. The van der Waals surface area contributed by atoms with Gasteiger partial charge in [-0.3, -0.25) is 0 Å². The summed E-state index contributed by atoms with van der Waals surface area (Å²) in [4.78, 5) is 0. The second-order valence-electron chi connectivity index (χ2n) is 7.21. The molecule has 7 heteroatoms. The highest BCUT2D eigenvalue weighted by molar-refractivity contribution is 6.61. The molecule has 29 heavy (non-hydrogen) atoms. The Balaban J connectivity index is 2.39. The van der Waals surface area contributed by atoms with Crippen molar-refractivity contribution in [2.75, 3.05) is 13.7 Å². The summed E-state index contributed by atoms with van der Waals surface area (Å²) in [5, 5.41) is 9.35. The van der Waals surface area contributed by atoms with Gasteiger partial charge in [0.1, 0.15) is 17.4 Å². The maximum absolute atomic E-state index is 15.2. The van der Waals surface area contributed by atoms with Crippen molar-refractivity contribution in [3.63, 3.8) is 0 Å². The van der Waals surface area contributed by atoms with Gasteiger partial charge in [0, 0.05) is 23.3 Å². The number of rotatable bonds is 9. The molecule has 2 aromatic carbocycles. The van der Waals surface area contributed by atoms with Gasteiger partial charge in [-0.15, -0.1) is 0 Å². The van der Waals surface area contributed by atoms with Crippen molar-refractivity contribution in [1.29, 1.82) is 5.26 Å². The van der Waals surface area contributed by atoms with Gasteiger partial charge in [-0.25, -0.2) is 0 Å². The molecule has 0 fully saturated rings. The smallest absolute Gasteiger partial charge is 0.494 e. The first-order valence-electron chi connectivity index (χ1n) is 9.55. The minimum Gasteiger partial charge on any atom is -0.495 e. The van der Waals surface area contributed by atoms with Gasteiger partial charge in [-0.05, 0) is 38.7 Å². The summed E-state index contributed by atoms with van der Waals surface area (Å²) in [6, 6.07) is 11.8. The standard InChI is InChI=1S/C22H26BF2NO3/c1-6-21(3,4)29-23(28-7-2)17-13-11-16(12-14-17)22(24,25)19-9-8-10-20(27-5)18(19)15-26/h8-14H,6-7H2,1-5H3. The highest BCUT2D eigenvalue weighted by atomic mass is 19.3. The second kappa shape index (κ2) is 9.38. The molecule has 0 heterocycles. The lowest BCUT2D eigenvalue weighted by atomic mass is 9.76. The van der Waals surface area contributed by atoms with Crippen LogP contribution in [0.15, 0.2) is 42.5 Å². The Morgan fingerprint density at radius 1 is 1.07 bits per heavy atom. The fraction of sp³-hybridized carbons (Fsp3) is 0.409. The number of nitrogens with zero attached hydrogens (tertiary/aromatic N) is 1. The van der Waals surface area contributed by atoms with E-state index in [1.54, 1.807) is 12.1 Å². The quantitative estimate of drug-likeness (QED) is 0.575. The van der Waals surface area contributed by atoms with Crippen molar-refractivity contribution in [1.82, 2.24) is 0 Å². The van der Waals surface area contributed by atoms with Crippen LogP contribution in [0.25, 0.3) is 0 Å². The lowest BCUT2D eigenvalue weighted by molar-refractivity contribution is 0.0422. The van der Waals surface area contributed by atoms with Gasteiger partial charge < -0.3 is 14.0 Å². The van der Waals surface area contributed by atoms with E-state index in [1.165, 1.54) is 37.4 Å². The summed E-state index contributed by atoms with van der Waals surface area (Å²) in [6.45, 7) is 8.19. The van der Waals surface area contributed by atoms with E-state index >= 15 is 8.78 Å². The Hall–Kier alpha value is -2.43. The number of ether oxygens (including phenoxy) is 1. The number of methoxy groups -OCH3 is 1. The average Bonchev–Trinajstić information content (AvgIpc) is 2.72. The molecule has 2 rings (SSSR count). The van der Waals surface area contributed by atoms with Crippen LogP contribution < -0.4 is 10.2 Å². The largest absolute Gasteiger partial charge is 0.495 e. The van der Waals surface area contributed by atoms with Crippen LogP contribution >= 0.6 is 0 Å². The first-order valence-corrected chi connectivity index (χ1v) is 9.55. The third kappa shape index (κ3) is 5.14. The monoisotopic (exact) mass is 401 g/mol. The molecule has 0 atom stereocenters. The van der Waals surface area contributed by atoms with Crippen LogP contribution in [-0.2, 0) is 15.2 Å². The Labute approximate surface area is 171 Å². The van der Waals surface area contributed by atoms with Gasteiger partial charge >= 0.3 is 7.12 Å². The molecule has 0 unspecified atom stereocenters. The number of benzene rings is 2. The molecular formula is C22H26BF2NO3. The Morgan fingerprint density at radius 2 is 1.72 bits per heavy atom. The highest BCUT2D eigenvalue weighted by Crippen LogP contribution is 2.39. The van der Waals surface area contributed by atoms with Crippen LogP contribution in [0, 0.1) is 11.3 Å². The van der Waals surface area contributed by atoms with Crippen LogP contribution in [0.5, 0.6) is 5.75 Å². The molecule has 0 radical (unpaired) electrons. The molecule has 0 aliphatic heterocycles. The molecule has 0 aromatic heterocycles. The minimum atomic E-state index is -3.36. The molecule has 0 amide bonds. The SMILES string of the molecule is CCOB(OC(C)(C)CC)c1ccc(C(F)(F)c2cccc(OC)c2C#N)cc1. The van der Waals surface area contributed by atoms with Gasteiger partial charge in [-0.2, -0.15) is 14.0 Å². The molecule has 0 N–H and O–H groups in total. The Morgan fingerprint density at radius 3 is 2.24 bits per heavy atom. The van der Waals surface area contributed by atoms with E-state index in [-0.39, 0.29) is 16.9 Å². The molecule has 0 aliphatic rings. The normalized spacial score (nSPS) is 11.8. The second-order valence-corrected chi connectivity index (χ2v) is 7.21. The molecule has 0 saturated heterocycles. The van der Waals surface area contributed by atoms with Gasteiger partial charge in [0.15, 0.2) is 0 Å². The van der Waals surface area contributed by atoms with Crippen LogP contribution in [0.3, 0.4) is 0 Å². The molecule has 2 aromatic rings. The maximum Gasteiger partial charge on any atom is 0.494 e. The fourth-order valence-corrected chi connectivity index (χ4v) is 2.81.